The van der Waals surface area contributed by atoms with Gasteiger partial charge in [-0.2, -0.15) is 5.10 Å². The zero-order valence-corrected chi connectivity index (χ0v) is 15.2. The highest BCUT2D eigenvalue weighted by molar-refractivity contribution is 9.10. The van der Waals surface area contributed by atoms with Gasteiger partial charge in [-0.05, 0) is 30.3 Å². The lowest BCUT2D eigenvalue weighted by atomic mass is 10.2. The maximum Gasteiger partial charge on any atom is 0.573 e. The third-order valence-electron chi connectivity index (χ3n) is 3.44. The second kappa shape index (κ2) is 7.78. The molecule has 6 nitrogen and oxygen atoms in total. The molecule has 1 amide bonds. The van der Waals surface area contributed by atoms with Crippen LogP contribution >= 0.6 is 15.9 Å². The van der Waals surface area contributed by atoms with Crippen LogP contribution in [0.25, 0.3) is 5.82 Å². The number of benzene rings is 1. The Morgan fingerprint density at radius 2 is 2.07 bits per heavy atom. The van der Waals surface area contributed by atoms with E-state index < -0.39 is 12.3 Å². The summed E-state index contributed by atoms with van der Waals surface area (Å²) in [4.78, 5) is 16.4. The molecule has 3 rings (SSSR count). The van der Waals surface area contributed by atoms with Crippen molar-refractivity contribution in [3.8, 4) is 11.6 Å². The normalized spacial score (nSPS) is 11.3. The first-order chi connectivity index (χ1) is 12.8. The van der Waals surface area contributed by atoms with Crippen LogP contribution in [0.3, 0.4) is 0 Å². The Balaban J connectivity index is 1.69. The summed E-state index contributed by atoms with van der Waals surface area (Å²) < 4.78 is 43.6. The summed E-state index contributed by atoms with van der Waals surface area (Å²) in [5.74, 6) is -0.329. The molecule has 0 saturated carbocycles. The number of nitrogens with one attached hydrogen (secondary N) is 1. The lowest BCUT2D eigenvalue weighted by molar-refractivity contribution is -0.274. The predicted octanol–water partition coefficient (Wildman–Crippen LogP) is 3.86. The van der Waals surface area contributed by atoms with Gasteiger partial charge in [0.25, 0.3) is 5.91 Å². The molecule has 140 valence electrons. The van der Waals surface area contributed by atoms with Crippen molar-refractivity contribution in [3.05, 3.63) is 70.6 Å². The fourth-order valence-electron chi connectivity index (χ4n) is 2.23. The topological polar surface area (TPSA) is 69.0 Å². The van der Waals surface area contributed by atoms with Gasteiger partial charge in [0, 0.05) is 35.2 Å². The summed E-state index contributed by atoms with van der Waals surface area (Å²) in [5.41, 5.74) is 0.450. The van der Waals surface area contributed by atoms with Crippen LogP contribution in [0.2, 0.25) is 0 Å². The number of nitrogens with zero attached hydrogens (tertiary/aromatic N) is 3. The Bertz CT molecular complexity index is 928. The molecule has 0 bridgehead atoms. The number of pyridine rings is 1. The maximum atomic E-state index is 12.5. The Kier molecular flexibility index (Phi) is 5.45. The van der Waals surface area contributed by atoms with Crippen LogP contribution < -0.4 is 10.1 Å². The van der Waals surface area contributed by atoms with Gasteiger partial charge in [-0.3, -0.25) is 4.79 Å². The van der Waals surface area contributed by atoms with Gasteiger partial charge in [-0.25, -0.2) is 9.67 Å². The second-order valence-corrected chi connectivity index (χ2v) is 6.25. The summed E-state index contributed by atoms with van der Waals surface area (Å²) in [5, 5.41) is 6.58. The van der Waals surface area contributed by atoms with E-state index in [1.165, 1.54) is 23.0 Å². The van der Waals surface area contributed by atoms with Crippen LogP contribution in [-0.4, -0.2) is 27.0 Å². The summed E-state index contributed by atoms with van der Waals surface area (Å²) >= 11 is 3.09. The van der Waals surface area contributed by atoms with E-state index in [1.807, 2.05) is 0 Å². The Morgan fingerprint density at radius 3 is 2.70 bits per heavy atom. The Morgan fingerprint density at radius 1 is 1.26 bits per heavy atom. The number of hydrogen-bond acceptors (Lipinski definition) is 4. The van der Waals surface area contributed by atoms with E-state index in [-0.39, 0.29) is 23.4 Å². The highest BCUT2D eigenvalue weighted by atomic mass is 79.9. The van der Waals surface area contributed by atoms with Crippen molar-refractivity contribution in [2.75, 3.05) is 0 Å². The number of hydrogen-bond donors (Lipinski definition) is 1. The zero-order chi connectivity index (χ0) is 19.4. The molecule has 0 unspecified atom stereocenters. The number of carbonyl (C=O) groups is 1. The van der Waals surface area contributed by atoms with Gasteiger partial charge in [0.05, 0.1) is 5.56 Å². The molecule has 0 aliphatic carbocycles. The van der Waals surface area contributed by atoms with Crippen LogP contribution in [0.1, 0.15) is 15.9 Å². The molecule has 0 spiro atoms. The molecule has 0 aliphatic rings. The number of alkyl halides is 3. The van der Waals surface area contributed by atoms with Crippen molar-refractivity contribution >= 4 is 21.8 Å². The first kappa shape index (κ1) is 18.9. The quantitative estimate of drug-likeness (QED) is 0.653. The van der Waals surface area contributed by atoms with Crippen molar-refractivity contribution in [1.82, 2.24) is 20.1 Å². The van der Waals surface area contributed by atoms with Crippen LogP contribution in [0.4, 0.5) is 13.2 Å². The van der Waals surface area contributed by atoms with Gasteiger partial charge in [0.15, 0.2) is 5.82 Å². The van der Waals surface area contributed by atoms with Gasteiger partial charge in [0.2, 0.25) is 0 Å². The molecule has 0 atom stereocenters. The highest BCUT2D eigenvalue weighted by Crippen LogP contribution is 2.29. The van der Waals surface area contributed by atoms with Gasteiger partial charge in [-0.1, -0.05) is 22.0 Å². The largest absolute Gasteiger partial charge is 0.573 e. The van der Waals surface area contributed by atoms with Crippen molar-refractivity contribution in [3.63, 3.8) is 0 Å². The summed E-state index contributed by atoms with van der Waals surface area (Å²) in [6.07, 6.45) is -0.161. The number of aromatic nitrogens is 3. The predicted molar refractivity (Wildman–Crippen MR) is 93.4 cm³/mol. The first-order valence-corrected chi connectivity index (χ1v) is 8.39. The molecule has 0 fully saturated rings. The number of amides is 1. The van der Waals surface area contributed by atoms with E-state index in [2.05, 4.69) is 36.1 Å². The van der Waals surface area contributed by atoms with Gasteiger partial charge in [0.1, 0.15) is 5.75 Å². The third kappa shape index (κ3) is 5.07. The Labute approximate surface area is 160 Å². The maximum absolute atomic E-state index is 12.5. The minimum Gasteiger partial charge on any atom is -0.405 e. The summed E-state index contributed by atoms with van der Waals surface area (Å²) in [7, 11) is 0. The molecule has 1 aromatic carbocycles. The van der Waals surface area contributed by atoms with Crippen molar-refractivity contribution in [2.45, 2.75) is 12.9 Å². The molecular weight excluding hydrogens is 429 g/mol. The molecule has 0 radical (unpaired) electrons. The smallest absolute Gasteiger partial charge is 0.405 e. The average molecular weight is 441 g/mol. The van der Waals surface area contributed by atoms with Crippen LogP contribution in [0, 0.1) is 0 Å². The molecule has 1 N–H and O–H groups in total. The minimum absolute atomic E-state index is 0.140. The van der Waals surface area contributed by atoms with E-state index >= 15 is 0 Å². The van der Waals surface area contributed by atoms with Crippen LogP contribution in [-0.2, 0) is 6.54 Å². The monoisotopic (exact) mass is 440 g/mol. The zero-order valence-electron chi connectivity index (χ0n) is 13.6. The van der Waals surface area contributed by atoms with E-state index in [0.29, 0.717) is 10.3 Å². The average Bonchev–Trinajstić information content (AvgIpc) is 3.14. The molecule has 27 heavy (non-hydrogen) atoms. The summed E-state index contributed by atoms with van der Waals surface area (Å²) in [6.45, 7) is -0.140. The fourth-order valence-corrected chi connectivity index (χ4v) is 2.57. The van der Waals surface area contributed by atoms with Crippen LogP contribution in [0.5, 0.6) is 5.75 Å². The fraction of sp³-hybridized carbons (Fsp3) is 0.118. The molecule has 2 aromatic heterocycles. The number of rotatable bonds is 5. The molecular formula is C17H12BrF3N4O2. The van der Waals surface area contributed by atoms with E-state index in [4.69, 9.17) is 0 Å². The summed E-state index contributed by atoms with van der Waals surface area (Å²) in [6, 6.07) is 9.08. The van der Waals surface area contributed by atoms with Gasteiger partial charge in [-0.15, -0.1) is 13.2 Å². The molecule has 3 aromatic rings. The molecule has 2 heterocycles. The van der Waals surface area contributed by atoms with Gasteiger partial charge >= 0.3 is 6.36 Å². The van der Waals surface area contributed by atoms with E-state index in [1.54, 1.807) is 36.7 Å². The van der Waals surface area contributed by atoms with E-state index in [9.17, 15) is 18.0 Å². The lowest BCUT2D eigenvalue weighted by Crippen LogP contribution is -2.24. The standard InChI is InChI=1S/C17H12BrF3N4O2/c18-13-4-2-11(14(8-13)27-17(19,20)21)9-23-16(26)12-3-5-15(22-10-12)25-7-1-6-24-25/h1-8,10H,9H2,(H,23,26). The lowest BCUT2D eigenvalue weighted by Gasteiger charge is -2.14. The van der Waals surface area contributed by atoms with E-state index in [0.717, 1.165) is 0 Å². The number of halogens is 4. The minimum atomic E-state index is -4.83. The second-order valence-electron chi connectivity index (χ2n) is 5.34. The van der Waals surface area contributed by atoms with Gasteiger partial charge < -0.3 is 10.1 Å². The number of ether oxygens (including phenoxy) is 1. The molecule has 0 aliphatic heterocycles. The van der Waals surface area contributed by atoms with Crippen molar-refractivity contribution in [1.29, 1.82) is 0 Å². The number of carbonyl (C=O) groups excluding carboxylic acids is 1. The first-order valence-electron chi connectivity index (χ1n) is 7.60. The molecule has 10 heteroatoms. The van der Waals surface area contributed by atoms with Crippen molar-refractivity contribution in [2.24, 2.45) is 0 Å². The third-order valence-corrected chi connectivity index (χ3v) is 3.94. The highest BCUT2D eigenvalue weighted by Gasteiger charge is 2.32. The molecule has 0 saturated heterocycles. The van der Waals surface area contributed by atoms with Crippen molar-refractivity contribution < 1.29 is 22.7 Å². The van der Waals surface area contributed by atoms with Crippen LogP contribution in [0.15, 0.2) is 59.5 Å². The SMILES string of the molecule is O=C(NCc1ccc(Br)cc1OC(F)(F)F)c1ccc(-n2cccn2)nc1. The Hall–Kier alpha value is -2.88.